The molecule has 3 atom stereocenters. The molecule has 3 unspecified atom stereocenters. The third-order valence-electron chi connectivity index (χ3n) is 4.08. The number of hydrogen-bond acceptors (Lipinski definition) is 2. The molecule has 0 aliphatic carbocycles. The van der Waals surface area contributed by atoms with E-state index < -0.39 is 0 Å². The van der Waals surface area contributed by atoms with E-state index in [2.05, 4.69) is 50.8 Å². The average Bonchev–Trinajstić information content (AvgIpc) is 2.58. The monoisotopic (exact) mass is 246 g/mol. The predicted octanol–water partition coefficient (Wildman–Crippen LogP) is 3.03. The SMILES string of the molecule is Cc1cc(C)cc(C(CN)N2CC(C)CC2C)c1. The van der Waals surface area contributed by atoms with Gasteiger partial charge >= 0.3 is 0 Å². The summed E-state index contributed by atoms with van der Waals surface area (Å²) < 4.78 is 0. The van der Waals surface area contributed by atoms with Crippen LogP contribution < -0.4 is 5.73 Å². The molecule has 100 valence electrons. The first-order valence-electron chi connectivity index (χ1n) is 7.05. The number of nitrogens with zero attached hydrogens (tertiary/aromatic N) is 1. The summed E-state index contributed by atoms with van der Waals surface area (Å²) in [6.45, 7) is 10.9. The predicted molar refractivity (Wildman–Crippen MR) is 77.7 cm³/mol. The molecule has 1 heterocycles. The molecule has 1 aliphatic rings. The van der Waals surface area contributed by atoms with Gasteiger partial charge in [0.2, 0.25) is 0 Å². The molecule has 0 radical (unpaired) electrons. The van der Waals surface area contributed by atoms with Crippen LogP contribution in [0, 0.1) is 19.8 Å². The summed E-state index contributed by atoms with van der Waals surface area (Å²) in [5.41, 5.74) is 10.1. The minimum Gasteiger partial charge on any atom is -0.329 e. The van der Waals surface area contributed by atoms with Gasteiger partial charge in [0.05, 0.1) is 0 Å². The van der Waals surface area contributed by atoms with Crippen molar-refractivity contribution in [1.82, 2.24) is 4.90 Å². The van der Waals surface area contributed by atoms with Crippen molar-refractivity contribution in [3.8, 4) is 0 Å². The molecule has 2 nitrogen and oxygen atoms in total. The van der Waals surface area contributed by atoms with Crippen molar-refractivity contribution in [2.45, 2.75) is 46.2 Å². The van der Waals surface area contributed by atoms with Crippen molar-refractivity contribution in [1.29, 1.82) is 0 Å². The number of aryl methyl sites for hydroxylation is 2. The number of likely N-dealkylation sites (tertiary alicyclic amines) is 1. The van der Waals surface area contributed by atoms with E-state index in [-0.39, 0.29) is 0 Å². The Bertz CT molecular complexity index is 393. The van der Waals surface area contributed by atoms with E-state index >= 15 is 0 Å². The molecule has 0 bridgehead atoms. The van der Waals surface area contributed by atoms with Crippen LogP contribution in [0.2, 0.25) is 0 Å². The topological polar surface area (TPSA) is 29.3 Å². The lowest BCUT2D eigenvalue weighted by Gasteiger charge is -2.31. The van der Waals surface area contributed by atoms with Gasteiger partial charge in [0.1, 0.15) is 0 Å². The van der Waals surface area contributed by atoms with E-state index in [0.29, 0.717) is 18.6 Å². The van der Waals surface area contributed by atoms with Gasteiger partial charge in [-0.3, -0.25) is 4.90 Å². The molecule has 0 saturated carbocycles. The Labute approximate surface area is 111 Å². The first kappa shape index (κ1) is 13.6. The lowest BCUT2D eigenvalue weighted by Crippen LogP contribution is -2.36. The van der Waals surface area contributed by atoms with E-state index in [0.717, 1.165) is 5.92 Å². The molecule has 0 aromatic heterocycles. The smallest absolute Gasteiger partial charge is 0.0473 e. The lowest BCUT2D eigenvalue weighted by atomic mass is 9.99. The van der Waals surface area contributed by atoms with E-state index in [1.807, 2.05) is 0 Å². The van der Waals surface area contributed by atoms with Crippen LogP contribution in [-0.2, 0) is 0 Å². The van der Waals surface area contributed by atoms with Gasteiger partial charge in [-0.1, -0.05) is 36.2 Å². The Hall–Kier alpha value is -0.860. The minimum atomic E-state index is 0.378. The van der Waals surface area contributed by atoms with Crippen LogP contribution in [0.4, 0.5) is 0 Å². The van der Waals surface area contributed by atoms with Crippen molar-refractivity contribution in [3.05, 3.63) is 34.9 Å². The molecule has 2 rings (SSSR count). The Morgan fingerprint density at radius 2 is 1.83 bits per heavy atom. The second-order valence-electron chi connectivity index (χ2n) is 6.06. The molecular weight excluding hydrogens is 220 g/mol. The molecule has 1 saturated heterocycles. The van der Waals surface area contributed by atoms with Crippen LogP contribution in [0.25, 0.3) is 0 Å². The van der Waals surface area contributed by atoms with E-state index in [1.165, 1.54) is 29.7 Å². The highest BCUT2D eigenvalue weighted by Crippen LogP contribution is 2.32. The molecular formula is C16H26N2. The molecule has 0 spiro atoms. The van der Waals surface area contributed by atoms with Crippen molar-refractivity contribution in [3.63, 3.8) is 0 Å². The van der Waals surface area contributed by atoms with Crippen LogP contribution in [0.3, 0.4) is 0 Å². The van der Waals surface area contributed by atoms with Crippen LogP contribution in [0.15, 0.2) is 18.2 Å². The van der Waals surface area contributed by atoms with Gasteiger partial charge < -0.3 is 5.73 Å². The fraction of sp³-hybridized carbons (Fsp3) is 0.625. The fourth-order valence-electron chi connectivity index (χ4n) is 3.43. The Kier molecular flexibility index (Phi) is 4.08. The second-order valence-corrected chi connectivity index (χ2v) is 6.06. The molecule has 2 N–H and O–H groups in total. The Morgan fingerprint density at radius 3 is 2.28 bits per heavy atom. The van der Waals surface area contributed by atoms with E-state index in [4.69, 9.17) is 5.73 Å². The van der Waals surface area contributed by atoms with Gasteiger partial charge in [0.15, 0.2) is 0 Å². The summed E-state index contributed by atoms with van der Waals surface area (Å²) in [4.78, 5) is 2.58. The highest BCUT2D eigenvalue weighted by Gasteiger charge is 2.31. The Morgan fingerprint density at radius 1 is 1.22 bits per heavy atom. The standard InChI is InChI=1S/C16H26N2/c1-11-5-12(2)8-15(7-11)16(9-17)18-10-13(3)6-14(18)4/h5,7-8,13-14,16H,6,9-10,17H2,1-4H3. The van der Waals surface area contributed by atoms with Crippen LogP contribution in [0.5, 0.6) is 0 Å². The second kappa shape index (κ2) is 5.41. The number of benzene rings is 1. The summed E-state index contributed by atoms with van der Waals surface area (Å²) in [5.74, 6) is 0.792. The number of nitrogens with two attached hydrogens (primary N) is 1. The molecule has 1 aromatic carbocycles. The summed E-state index contributed by atoms with van der Waals surface area (Å²) in [6.07, 6.45) is 1.29. The largest absolute Gasteiger partial charge is 0.329 e. The summed E-state index contributed by atoms with van der Waals surface area (Å²) in [5, 5.41) is 0. The zero-order valence-corrected chi connectivity index (χ0v) is 12.1. The third kappa shape index (κ3) is 2.76. The zero-order valence-electron chi connectivity index (χ0n) is 12.1. The van der Waals surface area contributed by atoms with Crippen LogP contribution in [0.1, 0.15) is 43.0 Å². The van der Waals surface area contributed by atoms with Gasteiger partial charge in [-0.2, -0.15) is 0 Å². The molecule has 18 heavy (non-hydrogen) atoms. The van der Waals surface area contributed by atoms with Gasteiger partial charge in [-0.15, -0.1) is 0 Å². The normalized spacial score (nSPS) is 26.5. The van der Waals surface area contributed by atoms with Gasteiger partial charge in [0, 0.05) is 25.2 Å². The van der Waals surface area contributed by atoms with E-state index in [9.17, 15) is 0 Å². The first-order valence-corrected chi connectivity index (χ1v) is 7.05. The lowest BCUT2D eigenvalue weighted by molar-refractivity contribution is 0.192. The van der Waals surface area contributed by atoms with Crippen molar-refractivity contribution >= 4 is 0 Å². The summed E-state index contributed by atoms with van der Waals surface area (Å²) in [7, 11) is 0. The maximum atomic E-state index is 6.05. The number of hydrogen-bond donors (Lipinski definition) is 1. The average molecular weight is 246 g/mol. The fourth-order valence-corrected chi connectivity index (χ4v) is 3.43. The number of rotatable bonds is 3. The van der Waals surface area contributed by atoms with Gasteiger partial charge in [-0.25, -0.2) is 0 Å². The maximum absolute atomic E-state index is 6.05. The minimum absolute atomic E-state index is 0.378. The van der Waals surface area contributed by atoms with Gasteiger partial charge in [-0.05, 0) is 38.7 Å². The quantitative estimate of drug-likeness (QED) is 0.888. The molecule has 0 amide bonds. The maximum Gasteiger partial charge on any atom is 0.0473 e. The molecule has 1 fully saturated rings. The first-order chi connectivity index (χ1) is 8.51. The molecule has 2 heteroatoms. The highest BCUT2D eigenvalue weighted by molar-refractivity contribution is 5.31. The molecule has 1 aliphatic heterocycles. The zero-order chi connectivity index (χ0) is 13.3. The summed E-state index contributed by atoms with van der Waals surface area (Å²) >= 11 is 0. The molecule has 1 aromatic rings. The Balaban J connectivity index is 2.27. The van der Waals surface area contributed by atoms with Crippen LogP contribution >= 0.6 is 0 Å². The van der Waals surface area contributed by atoms with Crippen LogP contribution in [-0.4, -0.2) is 24.0 Å². The highest BCUT2D eigenvalue weighted by atomic mass is 15.2. The summed E-state index contributed by atoms with van der Waals surface area (Å²) in [6, 6.07) is 7.84. The van der Waals surface area contributed by atoms with E-state index in [1.54, 1.807) is 0 Å². The van der Waals surface area contributed by atoms with Crippen molar-refractivity contribution in [2.24, 2.45) is 11.7 Å². The third-order valence-corrected chi connectivity index (χ3v) is 4.08. The van der Waals surface area contributed by atoms with Gasteiger partial charge in [0.25, 0.3) is 0 Å². The van der Waals surface area contributed by atoms with Crippen molar-refractivity contribution in [2.75, 3.05) is 13.1 Å². The van der Waals surface area contributed by atoms with Crippen molar-refractivity contribution < 1.29 is 0 Å².